The summed E-state index contributed by atoms with van der Waals surface area (Å²) >= 11 is 0. The third-order valence-electron chi connectivity index (χ3n) is 6.70. The normalized spacial score (nSPS) is 19.8. The standard InChI is InChI=1S/C27H23F2NO6/c1-2-19(31)23-13(7-12-8-21(33)25(27(30)36)22(34)9-12)10-17-15(5-6-20(32)24(17)26(23)35)16-4-3-14(28)11-18(16)29/h2-6,11-13,32-33,35H,1,7-10H2,(H2,30,36). The Bertz CT molecular complexity index is 1390. The summed E-state index contributed by atoms with van der Waals surface area (Å²) in [6.45, 7) is 3.47. The number of phenolic OH excluding ortho intramolecular Hbond substituents is 1. The first-order valence-corrected chi connectivity index (χ1v) is 11.2. The maximum Gasteiger partial charge on any atom is 0.255 e. The number of hydrogen-bond acceptors (Lipinski definition) is 6. The fourth-order valence-electron chi connectivity index (χ4n) is 5.20. The zero-order chi connectivity index (χ0) is 26.3. The van der Waals surface area contributed by atoms with Crippen molar-refractivity contribution in [3.8, 4) is 16.9 Å². The number of aliphatic hydroxyl groups excluding tert-OH is 2. The molecule has 0 heterocycles. The molecular formula is C27H23F2NO6. The Labute approximate surface area is 204 Å². The summed E-state index contributed by atoms with van der Waals surface area (Å²) in [5.41, 5.74) is 5.32. The van der Waals surface area contributed by atoms with Crippen LogP contribution in [0.15, 0.2) is 59.9 Å². The highest BCUT2D eigenvalue weighted by Gasteiger charge is 2.38. The average Bonchev–Trinajstić information content (AvgIpc) is 2.78. The van der Waals surface area contributed by atoms with E-state index in [2.05, 4.69) is 6.58 Å². The molecule has 2 aromatic carbocycles. The lowest BCUT2D eigenvalue weighted by molar-refractivity contribution is -0.122. The Morgan fingerprint density at radius 2 is 1.75 bits per heavy atom. The van der Waals surface area contributed by atoms with Crippen molar-refractivity contribution in [1.29, 1.82) is 0 Å². The van der Waals surface area contributed by atoms with Crippen LogP contribution in [0.5, 0.6) is 5.75 Å². The van der Waals surface area contributed by atoms with E-state index in [1.54, 1.807) is 0 Å². The molecule has 7 nitrogen and oxygen atoms in total. The Hall–Kier alpha value is -4.27. The second-order valence-electron chi connectivity index (χ2n) is 8.96. The second kappa shape index (κ2) is 9.41. The van der Waals surface area contributed by atoms with Crippen molar-refractivity contribution in [3.05, 3.63) is 82.7 Å². The predicted molar refractivity (Wildman–Crippen MR) is 127 cm³/mol. The summed E-state index contributed by atoms with van der Waals surface area (Å²) in [7, 11) is 0. The topological polar surface area (TPSA) is 138 Å². The van der Waals surface area contributed by atoms with Crippen LogP contribution in [-0.4, -0.2) is 32.8 Å². The summed E-state index contributed by atoms with van der Waals surface area (Å²) in [4.78, 5) is 36.7. The number of phenols is 1. The van der Waals surface area contributed by atoms with Crippen LogP contribution in [0.3, 0.4) is 0 Å². The van der Waals surface area contributed by atoms with E-state index in [-0.39, 0.29) is 48.1 Å². The van der Waals surface area contributed by atoms with Gasteiger partial charge in [0.2, 0.25) is 0 Å². The first kappa shape index (κ1) is 24.8. The number of aliphatic hydroxyl groups is 2. The number of ketones is 2. The van der Waals surface area contributed by atoms with Crippen molar-refractivity contribution in [3.63, 3.8) is 0 Å². The average molecular weight is 495 g/mol. The number of Topliss-reactive ketones (excluding diaryl/α,β-unsaturated/α-hetero) is 1. The number of rotatable bonds is 6. The van der Waals surface area contributed by atoms with Crippen LogP contribution >= 0.6 is 0 Å². The van der Waals surface area contributed by atoms with Crippen LogP contribution in [0.25, 0.3) is 16.9 Å². The van der Waals surface area contributed by atoms with Gasteiger partial charge in [-0.2, -0.15) is 0 Å². The largest absolute Gasteiger partial charge is 0.511 e. The SMILES string of the molecule is C=CC(=O)C1=C(O)c2c(O)ccc(-c3ccc(F)cc3F)c2CC1CC1CC(=O)C(C(N)=O)=C(O)C1. The molecule has 0 bridgehead atoms. The molecule has 36 heavy (non-hydrogen) atoms. The second-order valence-corrected chi connectivity index (χ2v) is 8.96. The molecule has 4 rings (SSSR count). The van der Waals surface area contributed by atoms with E-state index < -0.39 is 58.0 Å². The number of benzene rings is 2. The van der Waals surface area contributed by atoms with Gasteiger partial charge in [0.1, 0.15) is 34.5 Å². The van der Waals surface area contributed by atoms with Gasteiger partial charge in [-0.1, -0.05) is 12.6 Å². The number of carbonyl (C=O) groups is 3. The summed E-state index contributed by atoms with van der Waals surface area (Å²) in [5, 5.41) is 31.9. The van der Waals surface area contributed by atoms with Crippen molar-refractivity contribution in [2.45, 2.75) is 25.7 Å². The lowest BCUT2D eigenvalue weighted by atomic mass is 9.72. The molecule has 0 radical (unpaired) electrons. The minimum Gasteiger partial charge on any atom is -0.511 e. The molecule has 2 atom stereocenters. The number of hydrogen-bond donors (Lipinski definition) is 4. The van der Waals surface area contributed by atoms with Gasteiger partial charge in [0.15, 0.2) is 11.6 Å². The number of allylic oxidation sites excluding steroid dienone is 3. The Morgan fingerprint density at radius 1 is 1.06 bits per heavy atom. The molecule has 9 heteroatoms. The smallest absolute Gasteiger partial charge is 0.255 e. The minimum absolute atomic E-state index is 0.0385. The highest BCUT2D eigenvalue weighted by Crippen LogP contribution is 2.46. The van der Waals surface area contributed by atoms with Crippen molar-refractivity contribution in [2.24, 2.45) is 17.6 Å². The van der Waals surface area contributed by atoms with Gasteiger partial charge in [-0.25, -0.2) is 8.78 Å². The molecule has 0 fully saturated rings. The Balaban J connectivity index is 1.81. The van der Waals surface area contributed by atoms with Crippen molar-refractivity contribution >= 4 is 23.2 Å². The van der Waals surface area contributed by atoms with E-state index in [1.165, 1.54) is 18.2 Å². The van der Waals surface area contributed by atoms with Crippen LogP contribution < -0.4 is 5.73 Å². The van der Waals surface area contributed by atoms with Crippen molar-refractivity contribution < 1.29 is 38.5 Å². The third kappa shape index (κ3) is 4.28. The van der Waals surface area contributed by atoms with Crippen LogP contribution in [-0.2, 0) is 20.8 Å². The molecule has 2 aliphatic rings. The fourth-order valence-corrected chi connectivity index (χ4v) is 5.20. The highest BCUT2D eigenvalue weighted by atomic mass is 19.1. The number of fused-ring (bicyclic) bond motifs is 1. The molecule has 0 saturated heterocycles. The van der Waals surface area contributed by atoms with Gasteiger partial charge in [-0.15, -0.1) is 0 Å². The molecule has 0 saturated carbocycles. The molecular weight excluding hydrogens is 472 g/mol. The van der Waals surface area contributed by atoms with E-state index in [9.17, 15) is 38.5 Å². The van der Waals surface area contributed by atoms with Crippen molar-refractivity contribution in [1.82, 2.24) is 0 Å². The monoisotopic (exact) mass is 495 g/mol. The predicted octanol–water partition coefficient (Wildman–Crippen LogP) is 4.20. The van der Waals surface area contributed by atoms with Gasteiger partial charge in [0.05, 0.1) is 5.56 Å². The van der Waals surface area contributed by atoms with E-state index in [4.69, 9.17) is 5.73 Å². The maximum atomic E-state index is 14.7. The van der Waals surface area contributed by atoms with Gasteiger partial charge in [-0.05, 0) is 60.1 Å². The first-order chi connectivity index (χ1) is 17.0. The third-order valence-corrected chi connectivity index (χ3v) is 6.70. The van der Waals surface area contributed by atoms with Gasteiger partial charge in [0, 0.05) is 30.0 Å². The number of amides is 1. The molecule has 0 aliphatic heterocycles. The maximum absolute atomic E-state index is 14.7. The molecule has 0 aromatic heterocycles. The molecule has 1 amide bonds. The zero-order valence-electron chi connectivity index (χ0n) is 19.1. The lowest BCUT2D eigenvalue weighted by Crippen LogP contribution is -2.31. The van der Waals surface area contributed by atoms with Gasteiger partial charge in [0.25, 0.3) is 5.91 Å². The minimum atomic E-state index is -1.02. The Morgan fingerprint density at radius 3 is 2.36 bits per heavy atom. The zero-order valence-corrected chi connectivity index (χ0v) is 19.1. The molecule has 2 unspecified atom stereocenters. The summed E-state index contributed by atoms with van der Waals surface area (Å²) in [6.07, 6.45) is 1.07. The number of nitrogens with two attached hydrogens (primary N) is 1. The molecule has 2 aliphatic carbocycles. The van der Waals surface area contributed by atoms with E-state index in [1.807, 2.05) is 0 Å². The summed E-state index contributed by atoms with van der Waals surface area (Å²) in [5.74, 6) is -6.32. The number of halogens is 2. The van der Waals surface area contributed by atoms with Gasteiger partial charge < -0.3 is 21.1 Å². The fraction of sp³-hybridized carbons (Fsp3) is 0.222. The molecule has 186 valence electrons. The van der Waals surface area contributed by atoms with Gasteiger partial charge >= 0.3 is 0 Å². The van der Waals surface area contributed by atoms with E-state index in [0.717, 1.165) is 18.2 Å². The molecule has 5 N–H and O–H groups in total. The first-order valence-electron chi connectivity index (χ1n) is 11.2. The number of aromatic hydroxyl groups is 1. The number of carbonyl (C=O) groups excluding carboxylic acids is 3. The van der Waals surface area contributed by atoms with Crippen LogP contribution in [0, 0.1) is 23.5 Å². The quantitative estimate of drug-likeness (QED) is 0.350. The molecule has 0 spiro atoms. The number of primary amides is 1. The van der Waals surface area contributed by atoms with E-state index in [0.29, 0.717) is 11.1 Å². The van der Waals surface area contributed by atoms with Crippen LogP contribution in [0.1, 0.15) is 30.4 Å². The summed E-state index contributed by atoms with van der Waals surface area (Å²) < 4.78 is 28.2. The van der Waals surface area contributed by atoms with Crippen molar-refractivity contribution in [2.75, 3.05) is 0 Å². The van der Waals surface area contributed by atoms with Gasteiger partial charge in [-0.3, -0.25) is 14.4 Å². The summed E-state index contributed by atoms with van der Waals surface area (Å²) in [6, 6.07) is 5.73. The highest BCUT2D eigenvalue weighted by molar-refractivity contribution is 6.19. The molecule has 2 aromatic rings. The Kier molecular flexibility index (Phi) is 6.49. The van der Waals surface area contributed by atoms with E-state index >= 15 is 0 Å². The van der Waals surface area contributed by atoms with Crippen LogP contribution in [0.4, 0.5) is 8.78 Å². The van der Waals surface area contributed by atoms with Crippen LogP contribution in [0.2, 0.25) is 0 Å². The lowest BCUT2D eigenvalue weighted by Gasteiger charge is -2.32.